The van der Waals surface area contributed by atoms with Crippen LogP contribution in [0.3, 0.4) is 0 Å². The number of nitrogens with zero attached hydrogens (tertiary/aromatic N) is 2. The Balaban J connectivity index is 1.61. The summed E-state index contributed by atoms with van der Waals surface area (Å²) < 4.78 is 50.0. The molecule has 202 valence electrons. The minimum absolute atomic E-state index is 0.0465. The quantitative estimate of drug-likeness (QED) is 0.329. The highest BCUT2D eigenvalue weighted by molar-refractivity contribution is 6.06. The molecule has 0 aliphatic rings. The molecule has 0 spiro atoms. The summed E-state index contributed by atoms with van der Waals surface area (Å²) in [6.07, 6.45) is -1.22. The second kappa shape index (κ2) is 12.8. The number of carbonyl (C=O) groups excluding carboxylic acids is 1. The van der Waals surface area contributed by atoms with Gasteiger partial charge in [-0.2, -0.15) is 13.2 Å². The van der Waals surface area contributed by atoms with Gasteiger partial charge in [-0.3, -0.25) is 4.79 Å². The lowest BCUT2D eigenvalue weighted by atomic mass is 10.0. The molecule has 37 heavy (non-hydrogen) atoms. The van der Waals surface area contributed by atoms with Gasteiger partial charge in [-0.15, -0.1) is 0 Å². The average molecular weight is 522 g/mol. The van der Waals surface area contributed by atoms with Crippen molar-refractivity contribution in [2.24, 2.45) is 0 Å². The molecule has 0 radical (unpaired) electrons. The lowest BCUT2D eigenvalue weighted by Gasteiger charge is -2.18. The third-order valence-electron chi connectivity index (χ3n) is 5.75. The zero-order valence-electron chi connectivity index (χ0n) is 21.3. The van der Waals surface area contributed by atoms with Gasteiger partial charge in [0.05, 0.1) is 11.1 Å². The molecule has 2 aromatic carbocycles. The van der Waals surface area contributed by atoms with E-state index in [-0.39, 0.29) is 36.7 Å². The van der Waals surface area contributed by atoms with Crippen LogP contribution >= 0.6 is 0 Å². The van der Waals surface area contributed by atoms with Crippen LogP contribution in [0, 0.1) is 0 Å². The Morgan fingerprint density at radius 2 is 1.84 bits per heavy atom. The molecule has 1 aromatic heterocycles. The maximum Gasteiger partial charge on any atom is 0.422 e. The highest BCUT2D eigenvalue weighted by Gasteiger charge is 2.29. The number of amides is 1. The number of halogens is 3. The Hall–Kier alpha value is -3.24. The van der Waals surface area contributed by atoms with E-state index in [0.717, 1.165) is 16.5 Å². The lowest BCUT2D eigenvalue weighted by molar-refractivity contribution is -0.153. The van der Waals surface area contributed by atoms with Crippen molar-refractivity contribution in [2.45, 2.75) is 38.5 Å². The summed E-state index contributed by atoms with van der Waals surface area (Å²) in [6.45, 7) is 2.05. The number of para-hydroxylation sites is 2. The number of nitrogens with one attached hydrogen (secondary N) is 1. The van der Waals surface area contributed by atoms with Gasteiger partial charge in [0.15, 0.2) is 18.1 Å². The first-order valence-electron chi connectivity index (χ1n) is 12.2. The number of carbonyl (C=O) groups is 1. The Kier molecular flexibility index (Phi) is 9.82. The molecular formula is C27H34F3N3O4. The van der Waals surface area contributed by atoms with Gasteiger partial charge in [-0.25, -0.2) is 0 Å². The monoisotopic (exact) mass is 521 g/mol. The van der Waals surface area contributed by atoms with Crippen molar-refractivity contribution in [3.8, 4) is 11.5 Å². The number of aryl methyl sites for hydroxylation is 1. The first-order valence-corrected chi connectivity index (χ1v) is 12.2. The number of fused-ring (bicyclic) bond motifs is 1. The van der Waals surface area contributed by atoms with Gasteiger partial charge in [0.2, 0.25) is 0 Å². The van der Waals surface area contributed by atoms with Crippen molar-refractivity contribution in [2.75, 3.05) is 40.5 Å². The summed E-state index contributed by atoms with van der Waals surface area (Å²) in [5.74, 6) is 0.214. The van der Waals surface area contributed by atoms with Crippen molar-refractivity contribution < 1.29 is 32.5 Å². The number of hydrogen-bond acceptors (Lipinski definition) is 5. The molecule has 7 nitrogen and oxygen atoms in total. The van der Waals surface area contributed by atoms with Crippen molar-refractivity contribution >= 4 is 16.8 Å². The van der Waals surface area contributed by atoms with Gasteiger partial charge >= 0.3 is 6.18 Å². The molecule has 1 unspecified atom stereocenters. The van der Waals surface area contributed by atoms with E-state index in [1.165, 1.54) is 6.07 Å². The van der Waals surface area contributed by atoms with Gasteiger partial charge in [-0.05, 0) is 55.7 Å². The van der Waals surface area contributed by atoms with Crippen LogP contribution in [0.25, 0.3) is 10.9 Å². The molecule has 0 saturated carbocycles. The molecule has 10 heteroatoms. The van der Waals surface area contributed by atoms with Crippen LogP contribution in [0.1, 0.15) is 29.3 Å². The van der Waals surface area contributed by atoms with E-state index in [0.29, 0.717) is 31.5 Å². The predicted molar refractivity (Wildman–Crippen MR) is 136 cm³/mol. The van der Waals surface area contributed by atoms with Crippen molar-refractivity contribution in [1.29, 1.82) is 0 Å². The van der Waals surface area contributed by atoms with Gasteiger partial charge in [0, 0.05) is 51.4 Å². The van der Waals surface area contributed by atoms with Crippen LogP contribution in [0.2, 0.25) is 0 Å². The summed E-state index contributed by atoms with van der Waals surface area (Å²) in [6, 6.07) is 12.3. The van der Waals surface area contributed by atoms with E-state index in [9.17, 15) is 23.1 Å². The third-order valence-corrected chi connectivity index (χ3v) is 5.75. The average Bonchev–Trinajstić information content (AvgIpc) is 3.26. The summed E-state index contributed by atoms with van der Waals surface area (Å²) in [4.78, 5) is 14.5. The van der Waals surface area contributed by atoms with E-state index in [1.54, 1.807) is 37.2 Å². The molecule has 0 fully saturated rings. The van der Waals surface area contributed by atoms with E-state index in [2.05, 4.69) is 11.4 Å². The lowest BCUT2D eigenvalue weighted by Crippen LogP contribution is -2.32. The Bertz CT molecular complexity index is 1180. The number of aliphatic hydroxyl groups excluding tert-OH is 1. The second-order valence-electron chi connectivity index (χ2n) is 9.13. The maximum absolute atomic E-state index is 13.0. The minimum atomic E-state index is -4.42. The Morgan fingerprint density at radius 1 is 1.14 bits per heavy atom. The number of alkyl halides is 3. The fraction of sp³-hybridized carbons (Fsp3) is 0.444. The van der Waals surface area contributed by atoms with Gasteiger partial charge < -0.3 is 29.4 Å². The summed E-state index contributed by atoms with van der Waals surface area (Å²) >= 11 is 0. The molecule has 1 atom stereocenters. The van der Waals surface area contributed by atoms with Crippen LogP contribution in [0.4, 0.5) is 13.2 Å². The van der Waals surface area contributed by atoms with Crippen LogP contribution in [0.15, 0.2) is 48.7 Å². The normalized spacial score (nSPS) is 12.5. The largest absolute Gasteiger partial charge is 0.488 e. The first kappa shape index (κ1) is 28.3. The Morgan fingerprint density at radius 3 is 2.49 bits per heavy atom. The number of aliphatic hydroxyl groups is 1. The molecule has 0 saturated heterocycles. The highest BCUT2D eigenvalue weighted by Crippen LogP contribution is 2.28. The molecule has 0 aliphatic heterocycles. The SMILES string of the molecule is CC(Cc1cc(C(=O)N(C)C)c2c(ccn2CCCO)c1)NCCOc1ccccc1OCC(F)(F)F. The van der Waals surface area contributed by atoms with E-state index >= 15 is 0 Å². The molecule has 2 N–H and O–H groups in total. The smallest absolute Gasteiger partial charge is 0.422 e. The van der Waals surface area contributed by atoms with Gasteiger partial charge in [-0.1, -0.05) is 12.1 Å². The minimum Gasteiger partial charge on any atom is -0.488 e. The van der Waals surface area contributed by atoms with Gasteiger partial charge in [0.1, 0.15) is 6.61 Å². The maximum atomic E-state index is 13.0. The van der Waals surface area contributed by atoms with Crippen molar-refractivity contribution in [3.63, 3.8) is 0 Å². The molecule has 0 bridgehead atoms. The van der Waals surface area contributed by atoms with Crippen molar-refractivity contribution in [1.82, 2.24) is 14.8 Å². The summed E-state index contributed by atoms with van der Waals surface area (Å²) in [5, 5.41) is 13.5. The second-order valence-corrected chi connectivity index (χ2v) is 9.13. The zero-order valence-corrected chi connectivity index (χ0v) is 21.3. The number of aromatic nitrogens is 1. The fourth-order valence-electron chi connectivity index (χ4n) is 4.10. The Labute approximate surface area is 214 Å². The van der Waals surface area contributed by atoms with E-state index in [4.69, 9.17) is 9.47 Å². The molecule has 3 rings (SSSR count). The van der Waals surface area contributed by atoms with E-state index < -0.39 is 12.8 Å². The van der Waals surface area contributed by atoms with E-state index in [1.807, 2.05) is 29.8 Å². The molecular weight excluding hydrogens is 487 g/mol. The molecule has 1 heterocycles. The van der Waals surface area contributed by atoms with Crippen LogP contribution in [-0.2, 0) is 13.0 Å². The fourth-order valence-corrected chi connectivity index (χ4v) is 4.10. The number of hydrogen-bond donors (Lipinski definition) is 2. The third kappa shape index (κ3) is 8.13. The predicted octanol–water partition coefficient (Wildman–Crippen LogP) is 4.27. The number of benzene rings is 2. The topological polar surface area (TPSA) is 76.0 Å². The highest BCUT2D eigenvalue weighted by atomic mass is 19.4. The standard InChI is InChI=1S/C27H34F3N3O4/c1-19(31-10-14-36-23-7-4-5-8-24(23)37-18-27(28,29)30)15-20-16-21-9-12-33(11-6-13-34)25(21)22(17-20)26(35)32(2)3/h4-5,7-9,12,16-17,19,31,34H,6,10-11,13-15,18H2,1-3H3. The molecule has 1 amide bonds. The van der Waals surface area contributed by atoms with Crippen molar-refractivity contribution in [3.05, 3.63) is 59.8 Å². The van der Waals surface area contributed by atoms with Crippen LogP contribution < -0.4 is 14.8 Å². The molecule has 0 aliphatic carbocycles. The van der Waals surface area contributed by atoms with Crippen LogP contribution in [-0.4, -0.2) is 73.2 Å². The van der Waals surface area contributed by atoms with Gasteiger partial charge in [0.25, 0.3) is 5.91 Å². The summed E-state index contributed by atoms with van der Waals surface area (Å²) in [5.41, 5.74) is 2.48. The zero-order chi connectivity index (χ0) is 27.0. The number of ether oxygens (including phenoxy) is 2. The molecule has 3 aromatic rings. The number of rotatable bonds is 13. The van der Waals surface area contributed by atoms with Crippen LogP contribution in [0.5, 0.6) is 11.5 Å². The summed E-state index contributed by atoms with van der Waals surface area (Å²) in [7, 11) is 3.44. The first-order chi connectivity index (χ1) is 17.6.